The van der Waals surface area contributed by atoms with Crippen molar-refractivity contribution in [2.24, 2.45) is 0 Å². The predicted octanol–water partition coefficient (Wildman–Crippen LogP) is 3.64. The third-order valence-corrected chi connectivity index (χ3v) is 3.32. The normalized spacial score (nSPS) is 11.6. The van der Waals surface area contributed by atoms with Crippen molar-refractivity contribution < 1.29 is 18.0 Å². The number of thiophene rings is 1. The van der Waals surface area contributed by atoms with E-state index >= 15 is 0 Å². The summed E-state index contributed by atoms with van der Waals surface area (Å²) in [6.07, 6.45) is -4.45. The van der Waals surface area contributed by atoms with Gasteiger partial charge in [-0.05, 0) is 11.4 Å². The number of rotatable bonds is 4. The summed E-state index contributed by atoms with van der Waals surface area (Å²) in [5.41, 5.74) is 0. The fraction of sp³-hybridized carbons (Fsp3) is 0.444. The Kier molecular flexibility index (Phi) is 5.09. The number of hydrogen-bond acceptors (Lipinski definition) is 2. The van der Waals surface area contributed by atoms with E-state index in [4.69, 9.17) is 23.2 Å². The zero-order valence-corrected chi connectivity index (χ0v) is 10.8. The molecule has 0 saturated heterocycles. The molecule has 0 radical (unpaired) electrons. The van der Waals surface area contributed by atoms with Crippen molar-refractivity contribution in [1.29, 1.82) is 0 Å². The molecular weight excluding hydrogens is 298 g/mol. The first-order valence-corrected chi connectivity index (χ1v) is 6.29. The Morgan fingerprint density at radius 3 is 2.53 bits per heavy atom. The van der Waals surface area contributed by atoms with Gasteiger partial charge in [0.15, 0.2) is 0 Å². The summed E-state index contributed by atoms with van der Waals surface area (Å²) in [5.74, 6) is -0.812. The van der Waals surface area contributed by atoms with Crippen LogP contribution in [-0.4, -0.2) is 36.0 Å². The van der Waals surface area contributed by atoms with Gasteiger partial charge >= 0.3 is 6.18 Å². The Balaban J connectivity index is 2.84. The molecule has 2 nitrogen and oxygen atoms in total. The highest BCUT2D eigenvalue weighted by atomic mass is 35.5. The monoisotopic (exact) mass is 305 g/mol. The van der Waals surface area contributed by atoms with E-state index in [9.17, 15) is 18.0 Å². The van der Waals surface area contributed by atoms with E-state index in [0.717, 1.165) is 11.3 Å². The topological polar surface area (TPSA) is 20.3 Å². The molecule has 1 aromatic heterocycles. The summed E-state index contributed by atoms with van der Waals surface area (Å²) in [6, 6.07) is 1.46. The summed E-state index contributed by atoms with van der Waals surface area (Å²) in [7, 11) is 0. The van der Waals surface area contributed by atoms with Crippen molar-refractivity contribution in [1.82, 2.24) is 4.90 Å². The average Bonchev–Trinajstić information content (AvgIpc) is 2.61. The fourth-order valence-corrected chi connectivity index (χ4v) is 2.47. The molecular formula is C9H8Cl2F3NOS. The van der Waals surface area contributed by atoms with E-state index in [-0.39, 0.29) is 22.3 Å². The van der Waals surface area contributed by atoms with Crippen LogP contribution in [0, 0.1) is 0 Å². The first-order valence-electron chi connectivity index (χ1n) is 4.50. The minimum atomic E-state index is -4.45. The first-order chi connectivity index (χ1) is 7.85. The molecule has 17 heavy (non-hydrogen) atoms. The highest BCUT2D eigenvalue weighted by Crippen LogP contribution is 2.25. The zero-order chi connectivity index (χ0) is 13.1. The molecule has 0 unspecified atom stereocenters. The second-order valence-electron chi connectivity index (χ2n) is 3.13. The van der Waals surface area contributed by atoms with Crippen LogP contribution >= 0.6 is 34.5 Å². The van der Waals surface area contributed by atoms with Crippen molar-refractivity contribution >= 4 is 40.4 Å². The van der Waals surface area contributed by atoms with Crippen molar-refractivity contribution in [2.75, 3.05) is 19.0 Å². The lowest BCUT2D eigenvalue weighted by atomic mass is 10.3. The summed E-state index contributed by atoms with van der Waals surface area (Å²) < 4.78 is 36.8. The number of halogens is 5. The van der Waals surface area contributed by atoms with Crippen LogP contribution in [0.3, 0.4) is 0 Å². The van der Waals surface area contributed by atoms with Gasteiger partial charge in [-0.25, -0.2) is 0 Å². The molecule has 8 heteroatoms. The van der Waals surface area contributed by atoms with Gasteiger partial charge in [-0.15, -0.1) is 22.9 Å². The molecule has 0 aliphatic carbocycles. The van der Waals surface area contributed by atoms with Crippen molar-refractivity contribution in [2.45, 2.75) is 6.18 Å². The van der Waals surface area contributed by atoms with Gasteiger partial charge < -0.3 is 4.90 Å². The minimum Gasteiger partial charge on any atom is -0.328 e. The average molecular weight is 306 g/mol. The number of alkyl halides is 4. The van der Waals surface area contributed by atoms with Crippen molar-refractivity contribution in [3.63, 3.8) is 0 Å². The smallest absolute Gasteiger partial charge is 0.328 e. The minimum absolute atomic E-state index is 0.0647. The number of carbonyl (C=O) groups excluding carboxylic acids is 1. The molecule has 1 rings (SSSR count). The highest BCUT2D eigenvalue weighted by Gasteiger charge is 2.33. The van der Waals surface area contributed by atoms with Crippen LogP contribution in [0.25, 0.3) is 0 Å². The molecule has 1 aromatic rings. The van der Waals surface area contributed by atoms with Crippen molar-refractivity contribution in [3.8, 4) is 0 Å². The van der Waals surface area contributed by atoms with Crippen molar-refractivity contribution in [3.05, 3.63) is 21.3 Å². The molecule has 1 heterocycles. The molecule has 0 spiro atoms. The van der Waals surface area contributed by atoms with Crippen LogP contribution < -0.4 is 0 Å². The number of hydrogen-bond donors (Lipinski definition) is 0. The van der Waals surface area contributed by atoms with E-state index in [0.29, 0.717) is 4.90 Å². The fourth-order valence-electron chi connectivity index (χ4n) is 1.16. The summed E-state index contributed by atoms with van der Waals surface area (Å²) >= 11 is 12.1. The summed E-state index contributed by atoms with van der Waals surface area (Å²) in [6.45, 7) is -1.50. The van der Waals surface area contributed by atoms with E-state index in [1.165, 1.54) is 6.07 Å². The predicted molar refractivity (Wildman–Crippen MR) is 62.0 cm³/mol. The molecule has 0 aromatic carbocycles. The van der Waals surface area contributed by atoms with E-state index in [1.807, 2.05) is 0 Å². The largest absolute Gasteiger partial charge is 0.406 e. The maximum absolute atomic E-state index is 12.3. The molecule has 0 atom stereocenters. The number of carbonyl (C=O) groups is 1. The Labute approximate surface area is 110 Å². The first kappa shape index (κ1) is 14.6. The molecule has 0 aliphatic heterocycles. The lowest BCUT2D eigenvalue weighted by Crippen LogP contribution is -2.39. The van der Waals surface area contributed by atoms with Crippen LogP contribution in [0.15, 0.2) is 11.4 Å². The van der Waals surface area contributed by atoms with Gasteiger partial charge in [0.2, 0.25) is 0 Å². The van der Waals surface area contributed by atoms with Crippen LogP contribution in [0.5, 0.6) is 0 Å². The van der Waals surface area contributed by atoms with Crippen LogP contribution in [0.4, 0.5) is 13.2 Å². The second-order valence-corrected chi connectivity index (χ2v) is 4.83. The molecule has 0 aliphatic rings. The maximum Gasteiger partial charge on any atom is 0.406 e. The Hall–Kier alpha value is -0.460. The maximum atomic E-state index is 12.3. The molecule has 0 saturated carbocycles. The SMILES string of the molecule is O=C(c1sccc1Cl)N(CCCl)CC(F)(F)F. The van der Waals surface area contributed by atoms with Gasteiger partial charge in [0, 0.05) is 12.4 Å². The van der Waals surface area contributed by atoms with E-state index in [1.54, 1.807) is 5.38 Å². The van der Waals surface area contributed by atoms with Crippen LogP contribution in [0.2, 0.25) is 5.02 Å². The standard InChI is InChI=1S/C9H8Cl2F3NOS/c10-2-3-15(5-9(12,13)14)8(16)7-6(11)1-4-17-7/h1,4H,2-3,5H2. The molecule has 0 N–H and O–H groups in total. The second kappa shape index (κ2) is 5.93. The molecule has 0 bridgehead atoms. The van der Waals surface area contributed by atoms with Crippen LogP contribution in [-0.2, 0) is 0 Å². The molecule has 0 fully saturated rings. The lowest BCUT2D eigenvalue weighted by Gasteiger charge is -2.22. The third kappa shape index (κ3) is 4.37. The lowest BCUT2D eigenvalue weighted by molar-refractivity contribution is -0.140. The number of nitrogens with zero attached hydrogens (tertiary/aromatic N) is 1. The Bertz CT molecular complexity index is 394. The van der Waals surface area contributed by atoms with Gasteiger partial charge in [0.1, 0.15) is 11.4 Å². The third-order valence-electron chi connectivity index (χ3n) is 1.82. The van der Waals surface area contributed by atoms with Gasteiger partial charge in [0.25, 0.3) is 5.91 Å². The highest BCUT2D eigenvalue weighted by molar-refractivity contribution is 7.12. The van der Waals surface area contributed by atoms with Gasteiger partial charge in [0.05, 0.1) is 5.02 Å². The summed E-state index contributed by atoms with van der Waals surface area (Å²) in [5, 5.41) is 1.70. The van der Waals surface area contributed by atoms with Gasteiger partial charge in [-0.1, -0.05) is 11.6 Å². The summed E-state index contributed by atoms with van der Waals surface area (Å²) in [4.78, 5) is 12.5. The quantitative estimate of drug-likeness (QED) is 0.778. The van der Waals surface area contributed by atoms with E-state index < -0.39 is 18.6 Å². The van der Waals surface area contributed by atoms with E-state index in [2.05, 4.69) is 0 Å². The van der Waals surface area contributed by atoms with Gasteiger partial charge in [-0.3, -0.25) is 4.79 Å². The number of amides is 1. The van der Waals surface area contributed by atoms with Gasteiger partial charge in [-0.2, -0.15) is 13.2 Å². The molecule has 96 valence electrons. The Morgan fingerprint density at radius 2 is 2.12 bits per heavy atom. The van der Waals surface area contributed by atoms with Crippen LogP contribution in [0.1, 0.15) is 9.67 Å². The Morgan fingerprint density at radius 1 is 1.47 bits per heavy atom. The zero-order valence-electron chi connectivity index (χ0n) is 8.43. The molecule has 1 amide bonds.